The topological polar surface area (TPSA) is 51.2 Å². The number of carbonyl (C=O) groups excluding carboxylic acids is 1. The molecule has 0 saturated carbocycles. The maximum absolute atomic E-state index is 12.4. The summed E-state index contributed by atoms with van der Waals surface area (Å²) in [5.74, 6) is 0.520. The minimum absolute atomic E-state index is 0.174. The Labute approximate surface area is 117 Å². The fourth-order valence-corrected chi connectivity index (χ4v) is 2.43. The molecule has 0 aliphatic carbocycles. The molecular formula is C16H16N2O2. The predicted octanol–water partition coefficient (Wildman–Crippen LogP) is 3.05. The molecule has 0 saturated heterocycles. The number of nitrogens with zero attached hydrogens (tertiary/aromatic N) is 1. The van der Waals surface area contributed by atoms with Gasteiger partial charge in [0.2, 0.25) is 0 Å². The van der Waals surface area contributed by atoms with Crippen molar-refractivity contribution in [3.8, 4) is 5.75 Å². The number of para-hydroxylation sites is 1. The van der Waals surface area contributed by atoms with Crippen LogP contribution in [0.15, 0.2) is 42.7 Å². The first-order valence-electron chi connectivity index (χ1n) is 6.57. The van der Waals surface area contributed by atoms with E-state index in [1.54, 1.807) is 30.6 Å². The van der Waals surface area contributed by atoms with Gasteiger partial charge in [-0.25, -0.2) is 0 Å². The number of carbonyl (C=O) groups is 1. The molecule has 0 radical (unpaired) electrons. The molecule has 1 aromatic heterocycles. The molecule has 0 unspecified atom stereocenters. The van der Waals surface area contributed by atoms with E-state index in [1.807, 2.05) is 26.0 Å². The van der Waals surface area contributed by atoms with Crippen LogP contribution in [0.4, 0.5) is 5.69 Å². The summed E-state index contributed by atoms with van der Waals surface area (Å²) in [5, 5.41) is 2.83. The smallest absolute Gasteiger partial charge is 0.259 e. The molecule has 0 spiro atoms. The highest BCUT2D eigenvalue weighted by molar-refractivity contribution is 6.06. The highest BCUT2D eigenvalue weighted by Gasteiger charge is 2.33. The van der Waals surface area contributed by atoms with E-state index in [1.165, 1.54) is 0 Å². The molecule has 1 amide bonds. The van der Waals surface area contributed by atoms with E-state index in [0.717, 1.165) is 12.0 Å². The quantitative estimate of drug-likeness (QED) is 0.910. The third-order valence-electron chi connectivity index (χ3n) is 3.26. The van der Waals surface area contributed by atoms with Crippen LogP contribution in [0.5, 0.6) is 5.75 Å². The zero-order valence-electron chi connectivity index (χ0n) is 11.5. The minimum Gasteiger partial charge on any atom is -0.486 e. The molecular weight excluding hydrogens is 252 g/mol. The van der Waals surface area contributed by atoms with Gasteiger partial charge in [-0.2, -0.15) is 0 Å². The Morgan fingerprint density at radius 2 is 2.15 bits per heavy atom. The standard InChI is InChI=1S/C16H16N2O2/c1-16(2)9-11-5-3-7-13(14(11)20-16)15(19)18-12-6-4-8-17-10-12/h3-8,10H,9H2,1-2H3,(H,18,19). The summed E-state index contributed by atoms with van der Waals surface area (Å²) in [4.78, 5) is 16.3. The SMILES string of the molecule is CC1(C)Cc2cccc(C(=O)Nc3cccnc3)c2O1. The molecule has 2 heterocycles. The van der Waals surface area contributed by atoms with Crippen molar-refractivity contribution in [2.24, 2.45) is 0 Å². The Balaban J connectivity index is 1.89. The average Bonchev–Trinajstić information content (AvgIpc) is 2.73. The van der Waals surface area contributed by atoms with E-state index in [4.69, 9.17) is 4.74 Å². The molecule has 3 rings (SSSR count). The number of pyridine rings is 1. The van der Waals surface area contributed by atoms with Crippen molar-refractivity contribution in [1.29, 1.82) is 0 Å². The van der Waals surface area contributed by atoms with Crippen molar-refractivity contribution in [1.82, 2.24) is 4.98 Å². The lowest BCUT2D eigenvalue weighted by Gasteiger charge is -2.18. The lowest BCUT2D eigenvalue weighted by molar-refractivity contribution is 0.101. The van der Waals surface area contributed by atoms with Gasteiger partial charge in [0, 0.05) is 12.6 Å². The fourth-order valence-electron chi connectivity index (χ4n) is 2.43. The number of hydrogen-bond donors (Lipinski definition) is 1. The highest BCUT2D eigenvalue weighted by Crippen LogP contribution is 2.37. The second-order valence-corrected chi connectivity index (χ2v) is 5.53. The Bertz CT molecular complexity index is 651. The molecule has 4 heteroatoms. The Kier molecular flexibility index (Phi) is 2.93. The van der Waals surface area contributed by atoms with Gasteiger partial charge in [0.05, 0.1) is 17.4 Å². The van der Waals surface area contributed by atoms with Crippen LogP contribution >= 0.6 is 0 Å². The summed E-state index contributed by atoms with van der Waals surface area (Å²) in [6, 6.07) is 9.27. The van der Waals surface area contributed by atoms with Crippen LogP contribution in [-0.4, -0.2) is 16.5 Å². The highest BCUT2D eigenvalue weighted by atomic mass is 16.5. The average molecular weight is 268 g/mol. The first kappa shape index (κ1) is 12.7. The van der Waals surface area contributed by atoms with Gasteiger partial charge in [-0.3, -0.25) is 9.78 Å². The van der Waals surface area contributed by atoms with Crippen molar-refractivity contribution in [2.75, 3.05) is 5.32 Å². The number of benzene rings is 1. The summed E-state index contributed by atoms with van der Waals surface area (Å²) in [6.45, 7) is 4.05. The number of ether oxygens (including phenoxy) is 1. The van der Waals surface area contributed by atoms with Gasteiger partial charge < -0.3 is 10.1 Å². The van der Waals surface area contributed by atoms with Crippen molar-refractivity contribution in [3.05, 3.63) is 53.9 Å². The van der Waals surface area contributed by atoms with E-state index in [9.17, 15) is 4.79 Å². The predicted molar refractivity (Wildman–Crippen MR) is 77.0 cm³/mol. The van der Waals surface area contributed by atoms with Crippen molar-refractivity contribution >= 4 is 11.6 Å². The maximum atomic E-state index is 12.4. The number of anilines is 1. The molecule has 2 aromatic rings. The van der Waals surface area contributed by atoms with Crippen LogP contribution in [0, 0.1) is 0 Å². The summed E-state index contributed by atoms with van der Waals surface area (Å²) in [7, 11) is 0. The molecule has 0 bridgehead atoms. The number of fused-ring (bicyclic) bond motifs is 1. The number of nitrogens with one attached hydrogen (secondary N) is 1. The number of hydrogen-bond acceptors (Lipinski definition) is 3. The normalized spacial score (nSPS) is 15.3. The second kappa shape index (κ2) is 4.63. The Morgan fingerprint density at radius 3 is 2.90 bits per heavy atom. The lowest BCUT2D eigenvalue weighted by Crippen LogP contribution is -2.25. The zero-order chi connectivity index (χ0) is 14.2. The largest absolute Gasteiger partial charge is 0.486 e. The van der Waals surface area contributed by atoms with Gasteiger partial charge in [-0.1, -0.05) is 12.1 Å². The van der Waals surface area contributed by atoms with Crippen LogP contribution in [0.3, 0.4) is 0 Å². The molecule has 102 valence electrons. The zero-order valence-corrected chi connectivity index (χ0v) is 11.5. The summed E-state index contributed by atoms with van der Waals surface area (Å²) < 4.78 is 5.91. The van der Waals surface area contributed by atoms with Crippen LogP contribution in [0.1, 0.15) is 29.8 Å². The Morgan fingerprint density at radius 1 is 1.30 bits per heavy atom. The van der Waals surface area contributed by atoms with Crippen molar-refractivity contribution in [2.45, 2.75) is 25.9 Å². The van der Waals surface area contributed by atoms with Gasteiger partial charge >= 0.3 is 0 Å². The fraction of sp³-hybridized carbons (Fsp3) is 0.250. The molecule has 4 nitrogen and oxygen atoms in total. The van der Waals surface area contributed by atoms with Crippen LogP contribution in [0.2, 0.25) is 0 Å². The first-order chi connectivity index (χ1) is 9.55. The third-order valence-corrected chi connectivity index (χ3v) is 3.26. The van der Waals surface area contributed by atoms with E-state index in [-0.39, 0.29) is 11.5 Å². The third kappa shape index (κ3) is 2.37. The summed E-state index contributed by atoms with van der Waals surface area (Å²) >= 11 is 0. The van der Waals surface area contributed by atoms with E-state index in [0.29, 0.717) is 17.0 Å². The molecule has 1 aromatic carbocycles. The van der Waals surface area contributed by atoms with Crippen LogP contribution in [-0.2, 0) is 6.42 Å². The van der Waals surface area contributed by atoms with Crippen LogP contribution < -0.4 is 10.1 Å². The van der Waals surface area contributed by atoms with Gasteiger partial charge in [0.15, 0.2) is 0 Å². The summed E-state index contributed by atoms with van der Waals surface area (Å²) in [5.41, 5.74) is 2.06. The maximum Gasteiger partial charge on any atom is 0.259 e. The minimum atomic E-state index is -0.257. The second-order valence-electron chi connectivity index (χ2n) is 5.53. The molecule has 20 heavy (non-hydrogen) atoms. The van der Waals surface area contributed by atoms with E-state index in [2.05, 4.69) is 10.3 Å². The monoisotopic (exact) mass is 268 g/mol. The molecule has 1 aliphatic heterocycles. The molecule has 0 fully saturated rings. The Hall–Kier alpha value is -2.36. The van der Waals surface area contributed by atoms with Crippen molar-refractivity contribution in [3.63, 3.8) is 0 Å². The van der Waals surface area contributed by atoms with Crippen molar-refractivity contribution < 1.29 is 9.53 Å². The first-order valence-corrected chi connectivity index (χ1v) is 6.57. The molecule has 1 N–H and O–H groups in total. The van der Waals surface area contributed by atoms with Gasteiger partial charge in [-0.15, -0.1) is 0 Å². The number of rotatable bonds is 2. The van der Waals surface area contributed by atoms with Gasteiger partial charge in [-0.05, 0) is 37.6 Å². The van der Waals surface area contributed by atoms with Gasteiger partial charge in [0.1, 0.15) is 11.4 Å². The van der Waals surface area contributed by atoms with Gasteiger partial charge in [0.25, 0.3) is 5.91 Å². The van der Waals surface area contributed by atoms with E-state index >= 15 is 0 Å². The molecule has 0 atom stereocenters. The summed E-state index contributed by atoms with van der Waals surface area (Å²) in [6.07, 6.45) is 4.10. The number of aromatic nitrogens is 1. The number of amides is 1. The lowest BCUT2D eigenvalue weighted by atomic mass is 10.0. The molecule has 1 aliphatic rings. The van der Waals surface area contributed by atoms with E-state index < -0.39 is 0 Å². The van der Waals surface area contributed by atoms with Crippen LogP contribution in [0.25, 0.3) is 0 Å².